The fourth-order valence-corrected chi connectivity index (χ4v) is 1.44. The number of hydrogen-bond donors (Lipinski definition) is 3. The summed E-state index contributed by atoms with van der Waals surface area (Å²) in [7, 11) is 0. The van der Waals surface area contributed by atoms with Gasteiger partial charge in [0.25, 0.3) is 0 Å². The number of nitrogens with zero attached hydrogens (tertiary/aromatic N) is 1. The molecule has 2 N–H and O–H groups in total. The first kappa shape index (κ1) is 13.2. The Morgan fingerprint density at radius 1 is 1.15 bits per heavy atom. The zero-order valence-electron chi connectivity index (χ0n) is 8.48. The third kappa shape index (κ3) is 8.56. The molecule has 80 valence electrons. The van der Waals surface area contributed by atoms with E-state index in [0.29, 0.717) is 13.1 Å². The van der Waals surface area contributed by atoms with Gasteiger partial charge in [0.1, 0.15) is 0 Å². The van der Waals surface area contributed by atoms with E-state index in [-0.39, 0.29) is 12.2 Å². The van der Waals surface area contributed by atoms with Crippen molar-refractivity contribution >= 4 is 12.6 Å². The minimum absolute atomic E-state index is 0.335. The second kappa shape index (κ2) is 7.62. The number of rotatable bonds is 7. The molecule has 0 saturated heterocycles. The van der Waals surface area contributed by atoms with Gasteiger partial charge in [0.2, 0.25) is 0 Å². The highest BCUT2D eigenvalue weighted by Crippen LogP contribution is 1.98. The first-order valence-corrected chi connectivity index (χ1v) is 5.38. The Hall–Kier alpha value is 0.230. The highest BCUT2D eigenvalue weighted by Gasteiger charge is 2.09. The van der Waals surface area contributed by atoms with E-state index in [1.807, 2.05) is 0 Å². The maximum absolute atomic E-state index is 9.19. The minimum atomic E-state index is -0.335. The summed E-state index contributed by atoms with van der Waals surface area (Å²) in [6.07, 6.45) is 0.320. The summed E-state index contributed by atoms with van der Waals surface area (Å²) in [4.78, 5) is 2.06. The maximum atomic E-state index is 9.19. The summed E-state index contributed by atoms with van der Waals surface area (Å²) in [6.45, 7) is 5.65. The molecule has 0 aliphatic heterocycles. The van der Waals surface area contributed by atoms with Gasteiger partial charge in [-0.2, -0.15) is 12.6 Å². The molecule has 2 atom stereocenters. The molecule has 2 unspecified atom stereocenters. The predicted octanol–water partition coefficient (Wildman–Crippen LogP) is 0.370. The molecule has 13 heavy (non-hydrogen) atoms. The van der Waals surface area contributed by atoms with Crippen molar-refractivity contribution in [3.8, 4) is 0 Å². The van der Waals surface area contributed by atoms with E-state index in [9.17, 15) is 10.2 Å². The lowest BCUT2D eigenvalue weighted by atomic mass is 10.3. The first-order chi connectivity index (χ1) is 6.06. The van der Waals surface area contributed by atoms with E-state index >= 15 is 0 Å². The summed E-state index contributed by atoms with van der Waals surface area (Å²) < 4.78 is 0. The van der Waals surface area contributed by atoms with Gasteiger partial charge in [-0.05, 0) is 32.6 Å². The van der Waals surface area contributed by atoms with Gasteiger partial charge in [-0.25, -0.2) is 0 Å². The van der Waals surface area contributed by atoms with Crippen molar-refractivity contribution in [3.63, 3.8) is 0 Å². The van der Waals surface area contributed by atoms with Crippen LogP contribution in [0.15, 0.2) is 0 Å². The Kier molecular flexibility index (Phi) is 7.75. The first-order valence-electron chi connectivity index (χ1n) is 4.75. The number of aliphatic hydroxyl groups is 2. The van der Waals surface area contributed by atoms with Gasteiger partial charge in [-0.1, -0.05) is 0 Å². The smallest absolute Gasteiger partial charge is 0.0639 e. The van der Waals surface area contributed by atoms with E-state index < -0.39 is 0 Å². The van der Waals surface area contributed by atoms with Gasteiger partial charge in [-0.3, -0.25) is 4.90 Å². The Morgan fingerprint density at radius 3 is 1.92 bits per heavy atom. The molecular formula is C9H21NO2S. The molecule has 0 saturated carbocycles. The quantitative estimate of drug-likeness (QED) is 0.529. The summed E-state index contributed by atoms with van der Waals surface area (Å²) in [5.41, 5.74) is 0. The van der Waals surface area contributed by atoms with Crippen LogP contribution < -0.4 is 0 Å². The molecule has 0 aromatic heterocycles. The molecule has 0 aromatic rings. The predicted molar refractivity (Wildman–Crippen MR) is 58.3 cm³/mol. The third-order valence-corrected chi connectivity index (χ3v) is 1.99. The van der Waals surface area contributed by atoms with Gasteiger partial charge in [0.05, 0.1) is 12.2 Å². The highest BCUT2D eigenvalue weighted by atomic mass is 32.1. The average Bonchev–Trinajstić information content (AvgIpc) is 1.98. The number of aliphatic hydroxyl groups excluding tert-OH is 2. The summed E-state index contributed by atoms with van der Waals surface area (Å²) in [5, 5.41) is 18.4. The van der Waals surface area contributed by atoms with Gasteiger partial charge < -0.3 is 10.2 Å². The van der Waals surface area contributed by atoms with Crippen LogP contribution in [0.4, 0.5) is 0 Å². The lowest BCUT2D eigenvalue weighted by molar-refractivity contribution is 0.0839. The minimum Gasteiger partial charge on any atom is -0.392 e. The molecule has 0 radical (unpaired) electrons. The molecule has 3 nitrogen and oxygen atoms in total. The van der Waals surface area contributed by atoms with Gasteiger partial charge in [0.15, 0.2) is 0 Å². The Balaban J connectivity index is 3.73. The maximum Gasteiger partial charge on any atom is 0.0639 e. The van der Waals surface area contributed by atoms with Crippen LogP contribution >= 0.6 is 12.6 Å². The average molecular weight is 207 g/mol. The summed E-state index contributed by atoms with van der Waals surface area (Å²) in [6, 6.07) is 0. The molecule has 0 amide bonds. The number of hydrogen-bond acceptors (Lipinski definition) is 4. The Labute approximate surface area is 86.2 Å². The Morgan fingerprint density at radius 2 is 1.62 bits per heavy atom. The molecule has 0 aliphatic rings. The van der Waals surface area contributed by atoms with Crippen molar-refractivity contribution in [1.82, 2.24) is 4.90 Å². The van der Waals surface area contributed by atoms with Crippen molar-refractivity contribution in [2.24, 2.45) is 0 Å². The van der Waals surface area contributed by atoms with E-state index in [2.05, 4.69) is 17.5 Å². The SMILES string of the molecule is CC(O)CN(CCCS)CC(C)O. The third-order valence-electron chi connectivity index (χ3n) is 1.68. The van der Waals surface area contributed by atoms with Crippen LogP contribution in [0.1, 0.15) is 20.3 Å². The van der Waals surface area contributed by atoms with Crippen LogP contribution in [0, 0.1) is 0 Å². The van der Waals surface area contributed by atoms with E-state index in [1.165, 1.54) is 0 Å². The largest absolute Gasteiger partial charge is 0.392 e. The standard InChI is InChI=1S/C9H21NO2S/c1-8(11)6-10(4-3-5-13)7-9(2)12/h8-9,11-13H,3-7H2,1-2H3. The molecule has 0 rings (SSSR count). The van der Waals surface area contributed by atoms with Crippen LogP contribution in [0.3, 0.4) is 0 Å². The molecular weight excluding hydrogens is 186 g/mol. The Bertz CT molecular complexity index is 110. The topological polar surface area (TPSA) is 43.7 Å². The molecule has 0 heterocycles. The van der Waals surface area contributed by atoms with Crippen LogP contribution in [-0.2, 0) is 0 Å². The zero-order chi connectivity index (χ0) is 10.3. The molecule has 0 fully saturated rings. The molecule has 0 aliphatic carbocycles. The monoisotopic (exact) mass is 207 g/mol. The fourth-order valence-electron chi connectivity index (χ4n) is 1.30. The molecule has 4 heteroatoms. The lowest BCUT2D eigenvalue weighted by Crippen LogP contribution is -2.37. The summed E-state index contributed by atoms with van der Waals surface area (Å²) >= 11 is 4.12. The normalized spacial score (nSPS) is 16.2. The van der Waals surface area contributed by atoms with Gasteiger partial charge in [0, 0.05) is 13.1 Å². The highest BCUT2D eigenvalue weighted by molar-refractivity contribution is 7.80. The summed E-state index contributed by atoms with van der Waals surface area (Å²) in [5.74, 6) is 0.843. The fraction of sp³-hybridized carbons (Fsp3) is 1.00. The van der Waals surface area contributed by atoms with Gasteiger partial charge in [-0.15, -0.1) is 0 Å². The van der Waals surface area contributed by atoms with Crippen molar-refractivity contribution in [1.29, 1.82) is 0 Å². The molecule has 0 spiro atoms. The van der Waals surface area contributed by atoms with E-state index in [1.54, 1.807) is 13.8 Å². The van der Waals surface area contributed by atoms with Crippen LogP contribution in [0.2, 0.25) is 0 Å². The van der Waals surface area contributed by atoms with Crippen LogP contribution in [-0.4, -0.2) is 52.7 Å². The van der Waals surface area contributed by atoms with Crippen molar-refractivity contribution in [3.05, 3.63) is 0 Å². The van der Waals surface area contributed by atoms with E-state index in [0.717, 1.165) is 18.7 Å². The van der Waals surface area contributed by atoms with Crippen LogP contribution in [0.25, 0.3) is 0 Å². The second-order valence-electron chi connectivity index (χ2n) is 3.53. The van der Waals surface area contributed by atoms with Crippen molar-refractivity contribution in [2.45, 2.75) is 32.5 Å². The van der Waals surface area contributed by atoms with Crippen molar-refractivity contribution in [2.75, 3.05) is 25.4 Å². The second-order valence-corrected chi connectivity index (χ2v) is 3.98. The molecule has 0 aromatic carbocycles. The zero-order valence-corrected chi connectivity index (χ0v) is 9.37. The lowest BCUT2D eigenvalue weighted by Gasteiger charge is -2.24. The van der Waals surface area contributed by atoms with Crippen molar-refractivity contribution < 1.29 is 10.2 Å². The number of thiol groups is 1. The van der Waals surface area contributed by atoms with Crippen LogP contribution in [0.5, 0.6) is 0 Å². The van der Waals surface area contributed by atoms with Gasteiger partial charge >= 0.3 is 0 Å². The molecule has 0 bridgehead atoms. The van der Waals surface area contributed by atoms with E-state index in [4.69, 9.17) is 0 Å².